The summed E-state index contributed by atoms with van der Waals surface area (Å²) in [5, 5.41) is 3.54. The van der Waals surface area contributed by atoms with Gasteiger partial charge in [0.1, 0.15) is 5.65 Å². The standard InChI is InChI=1S/4C7H6N2/c1-4-9-7-2-3-8-5-6(1)7;1-3-8-5-7-6(1)2-4-9-7;1-2-6-7(8-4-1)3-5-9-6;1-2-6-3-5-9-7(6)8-4-1/h3*1-5,9H;1-5H,(H,8,9). The van der Waals surface area contributed by atoms with Crippen molar-refractivity contribution in [3.8, 4) is 0 Å². The molecule has 0 aliphatic heterocycles. The van der Waals surface area contributed by atoms with Crippen molar-refractivity contribution < 1.29 is 0 Å². The van der Waals surface area contributed by atoms with E-state index < -0.39 is 0 Å². The number of aromatic nitrogens is 8. The lowest BCUT2D eigenvalue weighted by Gasteiger charge is -1.82. The van der Waals surface area contributed by atoms with Gasteiger partial charge in [0.15, 0.2) is 0 Å². The summed E-state index contributed by atoms with van der Waals surface area (Å²) >= 11 is 0. The van der Waals surface area contributed by atoms with Crippen LogP contribution in [0.5, 0.6) is 0 Å². The zero-order chi connectivity index (χ0) is 24.4. The average Bonchev–Trinajstić information content (AvgIpc) is 3.76. The SMILES string of the molecule is c1cc2[nH]ccc2cn1.c1cc2cc[nH]c2cn1.c1cnc2[nH]ccc2c1.c1cnc2cc[nH]c2c1. The first-order valence-corrected chi connectivity index (χ1v) is 11.4. The molecule has 0 atom stereocenters. The molecule has 8 aromatic rings. The van der Waals surface area contributed by atoms with Crippen molar-refractivity contribution in [2.45, 2.75) is 0 Å². The van der Waals surface area contributed by atoms with Gasteiger partial charge in [-0.3, -0.25) is 15.0 Å². The van der Waals surface area contributed by atoms with Crippen LogP contribution in [-0.2, 0) is 0 Å². The Balaban J connectivity index is 0.0000000988. The molecule has 8 nitrogen and oxygen atoms in total. The second-order valence-corrected chi connectivity index (χ2v) is 7.71. The van der Waals surface area contributed by atoms with E-state index in [-0.39, 0.29) is 0 Å². The molecule has 0 amide bonds. The first kappa shape index (κ1) is 22.5. The normalized spacial score (nSPS) is 10.2. The van der Waals surface area contributed by atoms with Gasteiger partial charge in [0.25, 0.3) is 0 Å². The summed E-state index contributed by atoms with van der Waals surface area (Å²) in [6.07, 6.45) is 18.4. The molecule has 0 unspecified atom stereocenters. The van der Waals surface area contributed by atoms with Crippen LogP contribution >= 0.6 is 0 Å². The summed E-state index contributed by atoms with van der Waals surface area (Å²) in [5.74, 6) is 0. The fourth-order valence-electron chi connectivity index (χ4n) is 3.55. The van der Waals surface area contributed by atoms with Crippen molar-refractivity contribution in [1.82, 2.24) is 39.9 Å². The van der Waals surface area contributed by atoms with E-state index in [1.807, 2.05) is 97.8 Å². The molecule has 0 aliphatic carbocycles. The largest absolute Gasteiger partial charge is 0.361 e. The average molecular weight is 473 g/mol. The highest BCUT2D eigenvalue weighted by Crippen LogP contribution is 2.08. The van der Waals surface area contributed by atoms with E-state index in [1.54, 1.807) is 24.8 Å². The molecular weight excluding hydrogens is 448 g/mol. The third-order valence-corrected chi connectivity index (χ3v) is 5.35. The lowest BCUT2D eigenvalue weighted by atomic mass is 10.3. The molecule has 36 heavy (non-hydrogen) atoms. The third-order valence-electron chi connectivity index (χ3n) is 5.35. The predicted molar refractivity (Wildman–Crippen MR) is 144 cm³/mol. The third kappa shape index (κ3) is 5.63. The van der Waals surface area contributed by atoms with E-state index in [4.69, 9.17) is 0 Å². The molecular formula is C28H24N8. The smallest absolute Gasteiger partial charge is 0.137 e. The van der Waals surface area contributed by atoms with Gasteiger partial charge < -0.3 is 19.9 Å². The molecule has 8 aromatic heterocycles. The minimum atomic E-state index is 0.956. The maximum atomic E-state index is 4.11. The maximum Gasteiger partial charge on any atom is 0.137 e. The van der Waals surface area contributed by atoms with Crippen molar-refractivity contribution in [3.05, 3.63) is 123 Å². The predicted octanol–water partition coefficient (Wildman–Crippen LogP) is 6.25. The molecule has 0 bridgehead atoms. The lowest BCUT2D eigenvalue weighted by Crippen LogP contribution is -1.70. The Morgan fingerprint density at radius 3 is 2.00 bits per heavy atom. The van der Waals surface area contributed by atoms with Crippen LogP contribution < -0.4 is 0 Å². The van der Waals surface area contributed by atoms with Crippen molar-refractivity contribution in [2.75, 3.05) is 0 Å². The van der Waals surface area contributed by atoms with Crippen molar-refractivity contribution in [2.24, 2.45) is 0 Å². The minimum absolute atomic E-state index is 0.956. The van der Waals surface area contributed by atoms with Crippen LogP contribution in [0.25, 0.3) is 43.9 Å². The van der Waals surface area contributed by atoms with Crippen LogP contribution in [0.15, 0.2) is 123 Å². The molecule has 0 fully saturated rings. The highest BCUT2D eigenvalue weighted by Gasteiger charge is 1.90. The van der Waals surface area contributed by atoms with Crippen molar-refractivity contribution in [3.63, 3.8) is 0 Å². The molecule has 8 heterocycles. The molecule has 4 N–H and O–H groups in total. The highest BCUT2D eigenvalue weighted by molar-refractivity contribution is 5.78. The fourth-order valence-corrected chi connectivity index (χ4v) is 3.55. The molecule has 0 aliphatic rings. The van der Waals surface area contributed by atoms with Crippen LogP contribution in [0, 0.1) is 0 Å². The number of hydrogen-bond acceptors (Lipinski definition) is 4. The van der Waals surface area contributed by atoms with E-state index in [0.717, 1.165) is 38.5 Å². The summed E-state index contributed by atoms with van der Waals surface area (Å²) in [6.45, 7) is 0. The monoisotopic (exact) mass is 472 g/mol. The van der Waals surface area contributed by atoms with E-state index in [1.165, 1.54) is 5.39 Å². The molecule has 0 radical (unpaired) electrons. The van der Waals surface area contributed by atoms with E-state index in [0.29, 0.717) is 0 Å². The molecule has 8 rings (SSSR count). The molecule has 0 saturated carbocycles. The summed E-state index contributed by atoms with van der Waals surface area (Å²) in [4.78, 5) is 28.3. The lowest BCUT2D eigenvalue weighted by molar-refractivity contribution is 1.33. The number of rotatable bonds is 0. The van der Waals surface area contributed by atoms with E-state index >= 15 is 0 Å². The highest BCUT2D eigenvalue weighted by atomic mass is 14.8. The second kappa shape index (κ2) is 11.3. The Morgan fingerprint density at radius 1 is 0.444 bits per heavy atom. The van der Waals surface area contributed by atoms with Gasteiger partial charge in [-0.25, -0.2) is 4.98 Å². The number of pyridine rings is 4. The van der Waals surface area contributed by atoms with Crippen LogP contribution in [0.1, 0.15) is 0 Å². The quantitative estimate of drug-likeness (QED) is 0.209. The van der Waals surface area contributed by atoms with Crippen LogP contribution in [0.2, 0.25) is 0 Å². The van der Waals surface area contributed by atoms with E-state index in [9.17, 15) is 0 Å². The Bertz CT molecular complexity index is 1390. The van der Waals surface area contributed by atoms with Gasteiger partial charge >= 0.3 is 0 Å². The van der Waals surface area contributed by atoms with Gasteiger partial charge in [0, 0.05) is 77.4 Å². The molecule has 0 spiro atoms. The zero-order valence-corrected chi connectivity index (χ0v) is 19.3. The molecule has 0 saturated heterocycles. The number of H-pyrrole nitrogens is 4. The number of fused-ring (bicyclic) bond motifs is 4. The Morgan fingerprint density at radius 2 is 1.14 bits per heavy atom. The Labute approximate surface area is 206 Å². The second-order valence-electron chi connectivity index (χ2n) is 7.71. The first-order valence-electron chi connectivity index (χ1n) is 11.4. The van der Waals surface area contributed by atoms with Crippen molar-refractivity contribution >= 4 is 43.9 Å². The van der Waals surface area contributed by atoms with Crippen LogP contribution in [-0.4, -0.2) is 39.9 Å². The topological polar surface area (TPSA) is 115 Å². The number of hydrogen-bond donors (Lipinski definition) is 4. The Kier molecular flexibility index (Phi) is 7.05. The fraction of sp³-hybridized carbons (Fsp3) is 0. The summed E-state index contributed by atoms with van der Waals surface area (Å²) in [7, 11) is 0. The van der Waals surface area contributed by atoms with Crippen LogP contribution in [0.3, 0.4) is 0 Å². The zero-order valence-electron chi connectivity index (χ0n) is 19.3. The van der Waals surface area contributed by atoms with Crippen LogP contribution in [0.4, 0.5) is 0 Å². The molecule has 0 aromatic carbocycles. The number of aromatic amines is 4. The summed E-state index contributed by atoms with van der Waals surface area (Å²) < 4.78 is 0. The molecule has 8 heteroatoms. The maximum absolute atomic E-state index is 4.11. The number of nitrogens with zero attached hydrogens (tertiary/aromatic N) is 4. The van der Waals surface area contributed by atoms with Gasteiger partial charge in [-0.05, 0) is 60.7 Å². The van der Waals surface area contributed by atoms with Gasteiger partial charge in [0.05, 0.1) is 22.7 Å². The van der Waals surface area contributed by atoms with Crippen molar-refractivity contribution in [1.29, 1.82) is 0 Å². The Hall–Kier alpha value is -5.24. The van der Waals surface area contributed by atoms with Gasteiger partial charge in [-0.15, -0.1) is 0 Å². The molecule has 176 valence electrons. The van der Waals surface area contributed by atoms with Gasteiger partial charge in [-0.1, -0.05) is 0 Å². The minimum Gasteiger partial charge on any atom is -0.361 e. The first-order chi connectivity index (χ1) is 17.9. The van der Waals surface area contributed by atoms with Gasteiger partial charge in [0.2, 0.25) is 0 Å². The van der Waals surface area contributed by atoms with E-state index in [2.05, 4.69) is 39.9 Å². The summed E-state index contributed by atoms with van der Waals surface area (Å²) in [6, 6.07) is 19.8. The number of nitrogens with one attached hydrogen (secondary N) is 4. The van der Waals surface area contributed by atoms with Gasteiger partial charge in [-0.2, -0.15) is 0 Å². The summed E-state index contributed by atoms with van der Waals surface area (Å²) in [5.41, 5.74) is 5.31.